The standard InChI is InChI=1S/C12H23NO2/c1-9(2)4-3-7-12(8-13,11(14)15)10-5-6-10/h9-10H,3-8,13H2,1-2H3,(H,14,15). The Labute approximate surface area is 92.0 Å². The Morgan fingerprint density at radius 1 is 1.53 bits per heavy atom. The first kappa shape index (κ1) is 12.5. The molecule has 0 spiro atoms. The summed E-state index contributed by atoms with van der Waals surface area (Å²) >= 11 is 0. The van der Waals surface area contributed by atoms with E-state index in [4.69, 9.17) is 5.73 Å². The van der Waals surface area contributed by atoms with E-state index in [1.165, 1.54) is 0 Å². The quantitative estimate of drug-likeness (QED) is 0.681. The van der Waals surface area contributed by atoms with Crippen LogP contribution in [-0.2, 0) is 4.79 Å². The topological polar surface area (TPSA) is 63.3 Å². The molecule has 1 atom stereocenters. The van der Waals surface area contributed by atoms with Gasteiger partial charge in [-0.1, -0.05) is 26.7 Å². The van der Waals surface area contributed by atoms with Gasteiger partial charge in [0.05, 0.1) is 5.41 Å². The second-order valence-corrected chi connectivity index (χ2v) is 5.23. The van der Waals surface area contributed by atoms with E-state index in [1.807, 2.05) is 0 Å². The first-order valence-corrected chi connectivity index (χ1v) is 5.96. The first-order valence-electron chi connectivity index (χ1n) is 5.96. The van der Waals surface area contributed by atoms with Crippen molar-refractivity contribution in [2.45, 2.75) is 46.0 Å². The summed E-state index contributed by atoms with van der Waals surface area (Å²) in [6.07, 6.45) is 4.93. The van der Waals surface area contributed by atoms with E-state index in [1.54, 1.807) is 0 Å². The fraction of sp³-hybridized carbons (Fsp3) is 0.917. The van der Waals surface area contributed by atoms with Crippen LogP contribution in [0.15, 0.2) is 0 Å². The lowest BCUT2D eigenvalue weighted by Crippen LogP contribution is -2.40. The molecule has 1 saturated carbocycles. The minimum atomic E-state index is -0.684. The van der Waals surface area contributed by atoms with Gasteiger partial charge in [-0.2, -0.15) is 0 Å². The molecule has 0 bridgehead atoms. The molecule has 0 aromatic rings. The van der Waals surface area contributed by atoms with Crippen LogP contribution in [0.3, 0.4) is 0 Å². The average molecular weight is 213 g/mol. The maximum absolute atomic E-state index is 11.3. The Morgan fingerprint density at radius 2 is 2.13 bits per heavy atom. The van der Waals surface area contributed by atoms with Crippen molar-refractivity contribution in [1.29, 1.82) is 0 Å². The van der Waals surface area contributed by atoms with Crippen LogP contribution in [0.2, 0.25) is 0 Å². The Hall–Kier alpha value is -0.570. The number of hydrogen-bond acceptors (Lipinski definition) is 2. The van der Waals surface area contributed by atoms with Gasteiger partial charge < -0.3 is 10.8 Å². The van der Waals surface area contributed by atoms with E-state index in [-0.39, 0.29) is 0 Å². The highest BCUT2D eigenvalue weighted by Gasteiger charge is 2.49. The van der Waals surface area contributed by atoms with Crippen LogP contribution in [-0.4, -0.2) is 17.6 Å². The molecule has 3 N–H and O–H groups in total. The van der Waals surface area contributed by atoms with Crippen molar-refractivity contribution in [1.82, 2.24) is 0 Å². The number of rotatable bonds is 7. The third-order valence-electron chi connectivity index (χ3n) is 3.55. The fourth-order valence-corrected chi connectivity index (χ4v) is 2.30. The number of aliphatic carboxylic acids is 1. The van der Waals surface area contributed by atoms with Crippen molar-refractivity contribution in [3.8, 4) is 0 Å². The molecular weight excluding hydrogens is 190 g/mol. The molecular formula is C12H23NO2. The molecule has 0 radical (unpaired) electrons. The lowest BCUT2D eigenvalue weighted by Gasteiger charge is -2.28. The van der Waals surface area contributed by atoms with E-state index in [0.717, 1.165) is 32.1 Å². The van der Waals surface area contributed by atoms with Crippen molar-refractivity contribution >= 4 is 5.97 Å². The van der Waals surface area contributed by atoms with Crippen molar-refractivity contribution < 1.29 is 9.90 Å². The van der Waals surface area contributed by atoms with E-state index < -0.39 is 11.4 Å². The maximum atomic E-state index is 11.3. The smallest absolute Gasteiger partial charge is 0.311 e. The van der Waals surface area contributed by atoms with Gasteiger partial charge in [0.1, 0.15) is 0 Å². The monoisotopic (exact) mass is 213 g/mol. The van der Waals surface area contributed by atoms with Crippen molar-refractivity contribution in [3.05, 3.63) is 0 Å². The van der Waals surface area contributed by atoms with E-state index >= 15 is 0 Å². The van der Waals surface area contributed by atoms with Gasteiger partial charge >= 0.3 is 5.97 Å². The number of carboxylic acid groups (broad SMARTS) is 1. The molecule has 1 rings (SSSR count). The van der Waals surface area contributed by atoms with E-state index in [9.17, 15) is 9.90 Å². The molecule has 15 heavy (non-hydrogen) atoms. The fourth-order valence-electron chi connectivity index (χ4n) is 2.30. The van der Waals surface area contributed by atoms with Crippen LogP contribution in [0.4, 0.5) is 0 Å². The summed E-state index contributed by atoms with van der Waals surface area (Å²) in [6.45, 7) is 4.63. The Bertz CT molecular complexity index is 224. The van der Waals surface area contributed by atoms with Gasteiger partial charge in [-0.3, -0.25) is 4.79 Å². The summed E-state index contributed by atoms with van der Waals surface area (Å²) in [4.78, 5) is 11.3. The zero-order valence-corrected chi connectivity index (χ0v) is 9.83. The lowest BCUT2D eigenvalue weighted by molar-refractivity contribution is -0.150. The van der Waals surface area contributed by atoms with Crippen LogP contribution in [0.25, 0.3) is 0 Å². The zero-order valence-electron chi connectivity index (χ0n) is 9.83. The summed E-state index contributed by atoms with van der Waals surface area (Å²) in [5.74, 6) is 0.303. The second-order valence-electron chi connectivity index (χ2n) is 5.23. The largest absolute Gasteiger partial charge is 0.481 e. The first-order chi connectivity index (χ1) is 7.03. The normalized spacial score (nSPS) is 20.3. The Balaban J connectivity index is 2.52. The van der Waals surface area contributed by atoms with E-state index in [2.05, 4.69) is 13.8 Å². The Morgan fingerprint density at radius 3 is 2.47 bits per heavy atom. The molecule has 88 valence electrons. The van der Waals surface area contributed by atoms with Crippen LogP contribution in [0, 0.1) is 17.3 Å². The number of nitrogens with two attached hydrogens (primary N) is 1. The van der Waals surface area contributed by atoms with Gasteiger partial charge in [-0.05, 0) is 31.1 Å². The molecule has 0 amide bonds. The van der Waals surface area contributed by atoms with Gasteiger partial charge in [-0.25, -0.2) is 0 Å². The van der Waals surface area contributed by atoms with Gasteiger partial charge in [-0.15, -0.1) is 0 Å². The van der Waals surface area contributed by atoms with Crippen LogP contribution < -0.4 is 5.73 Å². The third-order valence-corrected chi connectivity index (χ3v) is 3.55. The molecule has 1 unspecified atom stereocenters. The predicted octanol–water partition coefficient (Wildman–Crippen LogP) is 2.25. The van der Waals surface area contributed by atoms with Crippen molar-refractivity contribution in [3.63, 3.8) is 0 Å². The minimum absolute atomic E-state index is 0.297. The van der Waals surface area contributed by atoms with Crippen LogP contribution >= 0.6 is 0 Å². The van der Waals surface area contributed by atoms with Crippen LogP contribution in [0.1, 0.15) is 46.0 Å². The number of carbonyl (C=O) groups is 1. The molecule has 0 aromatic carbocycles. The SMILES string of the molecule is CC(C)CCCC(CN)(C(=O)O)C1CC1. The molecule has 3 nitrogen and oxygen atoms in total. The minimum Gasteiger partial charge on any atom is -0.481 e. The van der Waals surface area contributed by atoms with Gasteiger partial charge in [0.25, 0.3) is 0 Å². The molecule has 0 saturated heterocycles. The summed E-state index contributed by atoms with van der Waals surface area (Å²) in [7, 11) is 0. The second kappa shape index (κ2) is 4.97. The van der Waals surface area contributed by atoms with Gasteiger partial charge in [0, 0.05) is 6.54 Å². The molecule has 0 heterocycles. The summed E-state index contributed by atoms with van der Waals surface area (Å²) < 4.78 is 0. The van der Waals surface area contributed by atoms with Gasteiger partial charge in [0.15, 0.2) is 0 Å². The summed E-state index contributed by atoms with van der Waals surface area (Å²) in [6, 6.07) is 0. The van der Waals surface area contributed by atoms with E-state index in [0.29, 0.717) is 18.4 Å². The zero-order chi connectivity index (χ0) is 11.5. The predicted molar refractivity (Wildman–Crippen MR) is 60.5 cm³/mol. The van der Waals surface area contributed by atoms with Crippen molar-refractivity contribution in [2.24, 2.45) is 23.0 Å². The average Bonchev–Trinajstić information content (AvgIpc) is 2.95. The summed E-state index contributed by atoms with van der Waals surface area (Å²) in [5, 5.41) is 9.32. The molecule has 0 aromatic heterocycles. The Kier molecular flexibility index (Phi) is 4.14. The molecule has 1 aliphatic rings. The molecule has 0 aliphatic heterocycles. The van der Waals surface area contributed by atoms with Gasteiger partial charge in [0.2, 0.25) is 0 Å². The lowest BCUT2D eigenvalue weighted by atomic mass is 9.77. The molecule has 1 aliphatic carbocycles. The third kappa shape index (κ3) is 2.94. The number of hydrogen-bond donors (Lipinski definition) is 2. The highest BCUT2D eigenvalue weighted by atomic mass is 16.4. The summed E-state index contributed by atoms with van der Waals surface area (Å²) in [5.41, 5.74) is 5.07. The van der Waals surface area contributed by atoms with Crippen LogP contribution in [0.5, 0.6) is 0 Å². The maximum Gasteiger partial charge on any atom is 0.311 e. The highest BCUT2D eigenvalue weighted by Crippen LogP contribution is 2.48. The van der Waals surface area contributed by atoms with Crippen molar-refractivity contribution in [2.75, 3.05) is 6.54 Å². The molecule has 1 fully saturated rings. The number of carboxylic acids is 1. The molecule has 3 heteroatoms. The highest BCUT2D eigenvalue weighted by molar-refractivity contribution is 5.75.